The zero-order valence-electron chi connectivity index (χ0n) is 20.5. The molecule has 2 aliphatic rings. The molecule has 0 aliphatic carbocycles. The number of hydrogen-bond acceptors (Lipinski definition) is 4. The number of benzene rings is 1. The highest BCUT2D eigenvalue weighted by Crippen LogP contribution is 2.36. The van der Waals surface area contributed by atoms with Gasteiger partial charge in [-0.3, -0.25) is 9.69 Å². The van der Waals surface area contributed by atoms with E-state index in [9.17, 15) is 4.79 Å². The van der Waals surface area contributed by atoms with E-state index in [0.717, 1.165) is 43.7 Å². The fourth-order valence-electron chi connectivity index (χ4n) is 5.59. The summed E-state index contributed by atoms with van der Waals surface area (Å²) in [6, 6.07) is 7.81. The Morgan fingerprint density at radius 1 is 0.969 bits per heavy atom. The van der Waals surface area contributed by atoms with Crippen molar-refractivity contribution < 1.29 is 14.3 Å². The molecule has 1 amide bonds. The van der Waals surface area contributed by atoms with Gasteiger partial charge in [-0.15, -0.1) is 0 Å². The van der Waals surface area contributed by atoms with Crippen molar-refractivity contribution in [2.45, 2.75) is 109 Å². The molecule has 2 bridgehead atoms. The Morgan fingerprint density at radius 3 is 2.28 bits per heavy atom. The average Bonchev–Trinajstić information content (AvgIpc) is 3.04. The summed E-state index contributed by atoms with van der Waals surface area (Å²) in [7, 11) is 3.36. The second-order valence-corrected chi connectivity index (χ2v) is 9.67. The lowest BCUT2D eigenvalue weighted by Crippen LogP contribution is -2.50. The van der Waals surface area contributed by atoms with Gasteiger partial charge < -0.3 is 14.8 Å². The van der Waals surface area contributed by atoms with Gasteiger partial charge in [-0.05, 0) is 56.2 Å². The Morgan fingerprint density at radius 2 is 1.62 bits per heavy atom. The molecule has 0 saturated carbocycles. The predicted octanol–water partition coefficient (Wildman–Crippen LogP) is 5.50. The number of nitrogens with one attached hydrogen (secondary N) is 1. The maximum atomic E-state index is 12.4. The van der Waals surface area contributed by atoms with E-state index in [2.05, 4.69) is 29.3 Å². The lowest BCUT2D eigenvalue weighted by molar-refractivity contribution is -0.122. The molecule has 32 heavy (non-hydrogen) atoms. The summed E-state index contributed by atoms with van der Waals surface area (Å²) in [6.07, 6.45) is 15.2. The number of carbonyl (C=O) groups excluding carboxylic acids is 1. The molecule has 180 valence electrons. The van der Waals surface area contributed by atoms with Crippen molar-refractivity contribution in [1.29, 1.82) is 0 Å². The van der Waals surface area contributed by atoms with E-state index in [0.29, 0.717) is 24.5 Å². The Kier molecular flexibility index (Phi) is 10.2. The second-order valence-electron chi connectivity index (χ2n) is 9.67. The van der Waals surface area contributed by atoms with Gasteiger partial charge in [0.25, 0.3) is 0 Å². The normalized spacial score (nSPS) is 22.7. The molecule has 2 saturated heterocycles. The van der Waals surface area contributed by atoms with E-state index < -0.39 is 0 Å². The minimum Gasteiger partial charge on any atom is -0.493 e. The Balaban J connectivity index is 1.37. The van der Waals surface area contributed by atoms with Crippen LogP contribution in [-0.2, 0) is 11.2 Å². The number of nitrogens with zero attached hydrogens (tertiary/aromatic N) is 1. The Bertz CT molecular complexity index is 694. The van der Waals surface area contributed by atoms with Crippen LogP contribution >= 0.6 is 0 Å². The molecular formula is C27H44N2O3. The van der Waals surface area contributed by atoms with Gasteiger partial charge in [-0.25, -0.2) is 0 Å². The summed E-state index contributed by atoms with van der Waals surface area (Å²) in [5, 5.41) is 3.36. The summed E-state index contributed by atoms with van der Waals surface area (Å²) >= 11 is 0. The van der Waals surface area contributed by atoms with Crippen LogP contribution in [0.5, 0.6) is 11.5 Å². The van der Waals surface area contributed by atoms with Gasteiger partial charge in [0.15, 0.2) is 11.5 Å². The van der Waals surface area contributed by atoms with Gasteiger partial charge in [0.05, 0.1) is 14.2 Å². The molecule has 1 unspecified atom stereocenters. The molecule has 1 aromatic rings. The Labute approximate surface area is 195 Å². The molecule has 5 heteroatoms. The van der Waals surface area contributed by atoms with E-state index in [1.807, 2.05) is 6.07 Å². The quantitative estimate of drug-likeness (QED) is 0.385. The van der Waals surface area contributed by atoms with Crippen molar-refractivity contribution in [2.24, 2.45) is 0 Å². The van der Waals surface area contributed by atoms with Crippen LogP contribution in [0.1, 0.15) is 89.5 Å². The number of fused-ring (bicyclic) bond motifs is 2. The summed E-state index contributed by atoms with van der Waals surface area (Å²) in [6.45, 7) is 3.32. The van der Waals surface area contributed by atoms with Crippen molar-refractivity contribution in [2.75, 3.05) is 20.8 Å². The smallest absolute Gasteiger partial charge is 0.220 e. The van der Waals surface area contributed by atoms with E-state index >= 15 is 0 Å². The van der Waals surface area contributed by atoms with Crippen LogP contribution in [0.4, 0.5) is 0 Å². The summed E-state index contributed by atoms with van der Waals surface area (Å²) < 4.78 is 10.8. The third-order valence-electron chi connectivity index (χ3n) is 7.36. The molecule has 5 nitrogen and oxygen atoms in total. The first-order valence-corrected chi connectivity index (χ1v) is 12.9. The lowest BCUT2D eigenvalue weighted by atomic mass is 9.96. The maximum Gasteiger partial charge on any atom is 0.220 e. The molecule has 0 radical (unpaired) electrons. The first-order chi connectivity index (χ1) is 15.6. The van der Waals surface area contributed by atoms with Crippen molar-refractivity contribution in [3.8, 4) is 11.5 Å². The van der Waals surface area contributed by atoms with Crippen LogP contribution in [0.2, 0.25) is 0 Å². The highest BCUT2D eigenvalue weighted by molar-refractivity contribution is 5.76. The molecule has 2 aliphatic heterocycles. The van der Waals surface area contributed by atoms with E-state index in [1.165, 1.54) is 56.9 Å². The van der Waals surface area contributed by atoms with Crippen LogP contribution < -0.4 is 14.8 Å². The maximum absolute atomic E-state index is 12.4. The van der Waals surface area contributed by atoms with Gasteiger partial charge in [0.2, 0.25) is 5.91 Å². The van der Waals surface area contributed by atoms with Gasteiger partial charge in [-0.1, -0.05) is 51.5 Å². The fraction of sp³-hybridized carbons (Fsp3) is 0.741. The average molecular weight is 445 g/mol. The van der Waals surface area contributed by atoms with Crippen LogP contribution in [0.3, 0.4) is 0 Å². The summed E-state index contributed by atoms with van der Waals surface area (Å²) in [4.78, 5) is 15.1. The molecule has 1 N–H and O–H groups in total. The van der Waals surface area contributed by atoms with Crippen molar-refractivity contribution in [3.05, 3.63) is 23.8 Å². The number of amides is 1. The molecule has 0 spiro atoms. The standard InChI is InChI=1S/C27H44N2O3/c1-4-5-6-7-8-9-10-11-27(30)28-22-19-23-13-14-24(20-22)29(23)17-16-21-12-15-25(31-2)26(18-21)32-3/h12,15,18,22-24H,4-11,13-14,16-17,19-20H2,1-3H3,(H,28,30)/t22?,23-,24+. The van der Waals surface area contributed by atoms with Crippen LogP contribution in [-0.4, -0.2) is 49.7 Å². The Hall–Kier alpha value is -1.75. The van der Waals surface area contributed by atoms with Crippen LogP contribution in [0.15, 0.2) is 18.2 Å². The molecule has 1 aromatic carbocycles. The monoisotopic (exact) mass is 444 g/mol. The number of rotatable bonds is 14. The van der Waals surface area contributed by atoms with Crippen molar-refractivity contribution in [3.63, 3.8) is 0 Å². The SMILES string of the molecule is CCCCCCCCCC(=O)NC1C[C@H]2CC[C@@H](C1)N2CCc1ccc(OC)c(OC)c1. The molecule has 3 atom stereocenters. The number of unbranched alkanes of at least 4 members (excludes halogenated alkanes) is 6. The van der Waals surface area contributed by atoms with Crippen LogP contribution in [0, 0.1) is 0 Å². The highest BCUT2D eigenvalue weighted by Gasteiger charge is 2.40. The van der Waals surface area contributed by atoms with Crippen LogP contribution in [0.25, 0.3) is 0 Å². The number of carbonyl (C=O) groups is 1. The largest absolute Gasteiger partial charge is 0.493 e. The molecular weight excluding hydrogens is 400 g/mol. The second kappa shape index (κ2) is 13.1. The first kappa shape index (κ1) is 24.9. The predicted molar refractivity (Wildman–Crippen MR) is 131 cm³/mol. The zero-order chi connectivity index (χ0) is 22.8. The lowest BCUT2D eigenvalue weighted by Gasteiger charge is -2.39. The number of methoxy groups -OCH3 is 2. The van der Waals surface area contributed by atoms with Gasteiger partial charge in [0.1, 0.15) is 0 Å². The third kappa shape index (κ3) is 7.13. The van der Waals surface area contributed by atoms with Gasteiger partial charge >= 0.3 is 0 Å². The van der Waals surface area contributed by atoms with Gasteiger partial charge in [-0.2, -0.15) is 0 Å². The van der Waals surface area contributed by atoms with Crippen molar-refractivity contribution >= 4 is 5.91 Å². The third-order valence-corrected chi connectivity index (χ3v) is 7.36. The van der Waals surface area contributed by atoms with Gasteiger partial charge in [0, 0.05) is 31.1 Å². The highest BCUT2D eigenvalue weighted by atomic mass is 16.5. The number of hydrogen-bond donors (Lipinski definition) is 1. The summed E-state index contributed by atoms with van der Waals surface area (Å²) in [5.74, 6) is 1.85. The minimum atomic E-state index is 0.265. The topological polar surface area (TPSA) is 50.8 Å². The molecule has 2 heterocycles. The fourth-order valence-corrected chi connectivity index (χ4v) is 5.59. The zero-order valence-corrected chi connectivity index (χ0v) is 20.5. The van der Waals surface area contributed by atoms with Crippen molar-refractivity contribution in [1.82, 2.24) is 10.2 Å². The van der Waals surface area contributed by atoms with E-state index in [1.54, 1.807) is 14.2 Å². The minimum absolute atomic E-state index is 0.265. The molecule has 2 fully saturated rings. The molecule has 3 rings (SSSR count). The first-order valence-electron chi connectivity index (χ1n) is 12.9. The summed E-state index contributed by atoms with van der Waals surface area (Å²) in [5.41, 5.74) is 1.28. The molecule has 0 aromatic heterocycles. The van der Waals surface area contributed by atoms with E-state index in [-0.39, 0.29) is 5.91 Å². The number of piperidine rings is 1. The number of ether oxygens (including phenoxy) is 2. The van der Waals surface area contributed by atoms with E-state index in [4.69, 9.17) is 9.47 Å².